The highest BCUT2D eigenvalue weighted by Gasteiger charge is 2.36. The number of nitrogens with zero attached hydrogens (tertiary/aromatic N) is 1. The minimum Gasteiger partial charge on any atom is -0.468 e. The predicted octanol–water partition coefficient (Wildman–Crippen LogP) is 3.76. The molecule has 0 aliphatic rings. The number of carbonyl (C=O) groups is 1. The summed E-state index contributed by atoms with van der Waals surface area (Å²) in [6.07, 6.45) is 3.21. The first kappa shape index (κ1) is 21.6. The summed E-state index contributed by atoms with van der Waals surface area (Å²) in [5.41, 5.74) is 0.988. The Balaban J connectivity index is 3.26. The van der Waals surface area contributed by atoms with Crippen molar-refractivity contribution in [2.45, 2.75) is 64.3 Å². The molecule has 0 bridgehead atoms. The zero-order chi connectivity index (χ0) is 19.0. The van der Waals surface area contributed by atoms with Crippen LogP contribution in [0.5, 0.6) is 0 Å². The molecule has 0 radical (unpaired) electrons. The molecule has 0 N–H and O–H groups in total. The summed E-state index contributed by atoms with van der Waals surface area (Å²) < 4.78 is 32.6. The van der Waals surface area contributed by atoms with Crippen LogP contribution in [0.4, 0.5) is 0 Å². The second-order valence-corrected chi connectivity index (χ2v) is 8.71. The second-order valence-electron chi connectivity index (χ2n) is 6.82. The molecule has 1 rings (SSSR count). The molecule has 0 saturated heterocycles. The smallest absolute Gasteiger partial charge is 0.324 e. The second kappa shape index (κ2) is 9.92. The molecule has 5 nitrogen and oxygen atoms in total. The maximum Gasteiger partial charge on any atom is 0.324 e. The first-order valence-corrected chi connectivity index (χ1v) is 10.3. The molecule has 0 saturated carbocycles. The number of hydrogen-bond acceptors (Lipinski definition) is 4. The van der Waals surface area contributed by atoms with Crippen LogP contribution >= 0.6 is 0 Å². The van der Waals surface area contributed by atoms with Gasteiger partial charge in [-0.3, -0.25) is 4.79 Å². The summed E-state index contributed by atoms with van der Waals surface area (Å²) >= 11 is 0. The van der Waals surface area contributed by atoms with Gasteiger partial charge in [-0.1, -0.05) is 57.7 Å². The van der Waals surface area contributed by atoms with Crippen molar-refractivity contribution in [2.24, 2.45) is 5.92 Å². The normalized spacial score (nSPS) is 13.2. The predicted molar refractivity (Wildman–Crippen MR) is 99.9 cm³/mol. The largest absolute Gasteiger partial charge is 0.468 e. The Morgan fingerprint density at radius 3 is 2.24 bits per heavy atom. The van der Waals surface area contributed by atoms with Gasteiger partial charge >= 0.3 is 5.97 Å². The van der Waals surface area contributed by atoms with E-state index in [1.165, 1.54) is 11.4 Å². The molecule has 0 spiro atoms. The van der Waals surface area contributed by atoms with Crippen molar-refractivity contribution in [1.29, 1.82) is 0 Å². The topological polar surface area (TPSA) is 63.7 Å². The number of benzene rings is 1. The Hall–Kier alpha value is -1.40. The maximum atomic E-state index is 13.2. The molecule has 0 fully saturated rings. The molecule has 142 valence electrons. The Labute approximate surface area is 152 Å². The molecule has 0 aliphatic carbocycles. The quantitative estimate of drug-likeness (QED) is 0.465. The van der Waals surface area contributed by atoms with E-state index in [9.17, 15) is 13.2 Å². The van der Waals surface area contributed by atoms with Gasteiger partial charge in [-0.25, -0.2) is 8.42 Å². The van der Waals surface area contributed by atoms with E-state index in [2.05, 4.69) is 6.92 Å². The lowest BCUT2D eigenvalue weighted by molar-refractivity contribution is -0.145. The molecule has 1 aromatic rings. The van der Waals surface area contributed by atoms with Gasteiger partial charge in [-0.05, 0) is 31.4 Å². The van der Waals surface area contributed by atoms with Crippen molar-refractivity contribution in [3.05, 3.63) is 29.8 Å². The van der Waals surface area contributed by atoms with Crippen LogP contribution in [0.15, 0.2) is 29.2 Å². The van der Waals surface area contributed by atoms with Crippen molar-refractivity contribution < 1.29 is 17.9 Å². The summed E-state index contributed by atoms with van der Waals surface area (Å²) in [5, 5.41) is 0. The summed E-state index contributed by atoms with van der Waals surface area (Å²) in [7, 11) is -2.47. The van der Waals surface area contributed by atoms with E-state index >= 15 is 0 Å². The highest BCUT2D eigenvalue weighted by molar-refractivity contribution is 7.89. The van der Waals surface area contributed by atoms with Gasteiger partial charge in [0.15, 0.2) is 0 Å². The molecule has 0 amide bonds. The number of hydrogen-bond donors (Lipinski definition) is 0. The average molecular weight is 370 g/mol. The van der Waals surface area contributed by atoms with E-state index in [4.69, 9.17) is 4.74 Å². The first-order chi connectivity index (χ1) is 11.7. The summed E-state index contributed by atoms with van der Waals surface area (Å²) in [6, 6.07) is 5.94. The summed E-state index contributed by atoms with van der Waals surface area (Å²) in [6.45, 7) is 8.14. The molecular formula is C19H31NO4S. The Kier molecular flexibility index (Phi) is 8.59. The number of aryl methyl sites for hydroxylation is 1. The van der Waals surface area contributed by atoms with Crippen molar-refractivity contribution in [1.82, 2.24) is 4.31 Å². The zero-order valence-electron chi connectivity index (χ0n) is 16.0. The van der Waals surface area contributed by atoms with E-state index in [0.717, 1.165) is 24.8 Å². The van der Waals surface area contributed by atoms with Crippen LogP contribution in [0.1, 0.15) is 52.0 Å². The third-order valence-electron chi connectivity index (χ3n) is 4.07. The monoisotopic (exact) mass is 369 g/mol. The zero-order valence-corrected chi connectivity index (χ0v) is 16.8. The highest BCUT2D eigenvalue weighted by atomic mass is 32.2. The standard InChI is InChI=1S/C19H31NO4S/c1-6-7-8-9-18(19(21)24-5)20(14-15(2)3)25(22,23)17-12-10-16(4)11-13-17/h10-13,15,18H,6-9,14H2,1-5H3/t18-/m0/s1. The first-order valence-electron chi connectivity index (χ1n) is 8.90. The minimum absolute atomic E-state index is 0.0959. The molecule has 0 heterocycles. The van der Waals surface area contributed by atoms with Crippen LogP contribution in [0.2, 0.25) is 0 Å². The van der Waals surface area contributed by atoms with Gasteiger partial charge in [-0.15, -0.1) is 0 Å². The fourth-order valence-corrected chi connectivity index (χ4v) is 4.47. The van der Waals surface area contributed by atoms with Gasteiger partial charge in [0.2, 0.25) is 10.0 Å². The van der Waals surface area contributed by atoms with Gasteiger partial charge in [0.05, 0.1) is 12.0 Å². The maximum absolute atomic E-state index is 13.2. The number of ether oxygens (including phenoxy) is 1. The molecule has 1 atom stereocenters. The van der Waals surface area contributed by atoms with Crippen LogP contribution in [0.3, 0.4) is 0 Å². The lowest BCUT2D eigenvalue weighted by atomic mass is 10.1. The van der Waals surface area contributed by atoms with E-state index < -0.39 is 22.0 Å². The van der Waals surface area contributed by atoms with E-state index in [-0.39, 0.29) is 17.4 Å². The van der Waals surface area contributed by atoms with Crippen LogP contribution in [-0.4, -0.2) is 38.4 Å². The highest BCUT2D eigenvalue weighted by Crippen LogP contribution is 2.24. The number of sulfonamides is 1. The Morgan fingerprint density at radius 1 is 1.16 bits per heavy atom. The SMILES string of the molecule is CCCCC[C@@H](C(=O)OC)N(CC(C)C)S(=O)(=O)c1ccc(C)cc1. The Bertz CT molecular complexity index is 638. The number of esters is 1. The van der Waals surface area contributed by atoms with Crippen LogP contribution < -0.4 is 0 Å². The fraction of sp³-hybridized carbons (Fsp3) is 0.632. The third kappa shape index (κ3) is 6.12. The average Bonchev–Trinajstić information content (AvgIpc) is 2.56. The van der Waals surface area contributed by atoms with Gasteiger partial charge in [0.25, 0.3) is 0 Å². The van der Waals surface area contributed by atoms with Gasteiger partial charge < -0.3 is 4.74 Å². The number of rotatable bonds is 10. The van der Waals surface area contributed by atoms with Gasteiger partial charge in [0, 0.05) is 6.54 Å². The Morgan fingerprint density at radius 2 is 1.76 bits per heavy atom. The molecule has 0 unspecified atom stereocenters. The molecule has 6 heteroatoms. The van der Waals surface area contributed by atoms with Crippen LogP contribution in [-0.2, 0) is 19.6 Å². The van der Waals surface area contributed by atoms with E-state index in [1.54, 1.807) is 24.3 Å². The van der Waals surface area contributed by atoms with Crippen molar-refractivity contribution in [3.63, 3.8) is 0 Å². The molecule has 0 aliphatic heterocycles. The van der Waals surface area contributed by atoms with Gasteiger partial charge in [0.1, 0.15) is 6.04 Å². The third-order valence-corrected chi connectivity index (χ3v) is 5.96. The van der Waals surface area contributed by atoms with E-state index in [0.29, 0.717) is 6.42 Å². The van der Waals surface area contributed by atoms with Gasteiger partial charge in [-0.2, -0.15) is 4.31 Å². The fourth-order valence-electron chi connectivity index (χ4n) is 2.70. The molecule has 1 aromatic carbocycles. The van der Waals surface area contributed by atoms with Crippen LogP contribution in [0, 0.1) is 12.8 Å². The number of methoxy groups -OCH3 is 1. The van der Waals surface area contributed by atoms with Crippen molar-refractivity contribution in [2.75, 3.05) is 13.7 Å². The lowest BCUT2D eigenvalue weighted by Gasteiger charge is -2.30. The number of unbranched alkanes of at least 4 members (excludes halogenated alkanes) is 2. The molecular weight excluding hydrogens is 338 g/mol. The molecule has 0 aromatic heterocycles. The number of carbonyl (C=O) groups excluding carboxylic acids is 1. The van der Waals surface area contributed by atoms with Crippen molar-refractivity contribution >= 4 is 16.0 Å². The minimum atomic E-state index is -3.77. The lowest BCUT2D eigenvalue weighted by Crippen LogP contribution is -2.47. The van der Waals surface area contributed by atoms with Crippen LogP contribution in [0.25, 0.3) is 0 Å². The van der Waals surface area contributed by atoms with Crippen molar-refractivity contribution in [3.8, 4) is 0 Å². The van der Waals surface area contributed by atoms with E-state index in [1.807, 2.05) is 20.8 Å². The summed E-state index contributed by atoms with van der Waals surface area (Å²) in [4.78, 5) is 12.5. The molecule has 25 heavy (non-hydrogen) atoms. The summed E-state index contributed by atoms with van der Waals surface area (Å²) in [5.74, 6) is -0.397.